The van der Waals surface area contributed by atoms with E-state index in [1.165, 1.54) is 12.1 Å². The summed E-state index contributed by atoms with van der Waals surface area (Å²) in [5, 5.41) is 14.1. The lowest BCUT2D eigenvalue weighted by Crippen LogP contribution is -2.08. The fourth-order valence-electron chi connectivity index (χ4n) is 2.03. The lowest BCUT2D eigenvalue weighted by atomic mass is 10.1. The topological polar surface area (TPSA) is 89.3 Å². The third-order valence-corrected chi connectivity index (χ3v) is 4.28. The van der Waals surface area contributed by atoms with Crippen molar-refractivity contribution in [3.63, 3.8) is 0 Å². The molecule has 0 heterocycles. The van der Waals surface area contributed by atoms with Gasteiger partial charge in [-0.2, -0.15) is 0 Å². The normalized spacial score (nSPS) is 11.1. The van der Waals surface area contributed by atoms with Gasteiger partial charge in [0, 0.05) is 18.9 Å². The van der Waals surface area contributed by atoms with Gasteiger partial charge in [-0.3, -0.25) is 10.1 Å². The predicted molar refractivity (Wildman–Crippen MR) is 84.8 cm³/mol. The summed E-state index contributed by atoms with van der Waals surface area (Å²) in [6.07, 6.45) is 1.74. The first-order valence-electron chi connectivity index (χ1n) is 6.64. The van der Waals surface area contributed by atoms with Crippen LogP contribution in [0.1, 0.15) is 5.56 Å². The van der Waals surface area contributed by atoms with E-state index in [-0.39, 0.29) is 10.6 Å². The van der Waals surface area contributed by atoms with Gasteiger partial charge in [0.05, 0.1) is 9.82 Å². The first kappa shape index (κ1) is 16.0. The van der Waals surface area contributed by atoms with Crippen molar-refractivity contribution in [1.29, 1.82) is 0 Å². The van der Waals surface area contributed by atoms with E-state index in [4.69, 9.17) is 0 Å². The monoisotopic (exact) mass is 320 g/mol. The van der Waals surface area contributed by atoms with Crippen molar-refractivity contribution in [2.75, 3.05) is 18.1 Å². The second-order valence-corrected chi connectivity index (χ2v) is 6.89. The molecular formula is C15H16N2O4S. The van der Waals surface area contributed by atoms with Gasteiger partial charge in [0.15, 0.2) is 9.84 Å². The van der Waals surface area contributed by atoms with E-state index in [1.54, 1.807) is 0 Å². The van der Waals surface area contributed by atoms with Gasteiger partial charge in [0.2, 0.25) is 0 Å². The summed E-state index contributed by atoms with van der Waals surface area (Å²) >= 11 is 0. The Hall–Kier alpha value is -2.41. The molecule has 0 radical (unpaired) electrons. The smallest absolute Gasteiger partial charge is 0.293 e. The van der Waals surface area contributed by atoms with Crippen LogP contribution < -0.4 is 5.32 Å². The van der Waals surface area contributed by atoms with Crippen molar-refractivity contribution in [2.45, 2.75) is 11.3 Å². The summed E-state index contributed by atoms with van der Waals surface area (Å²) < 4.78 is 23.0. The Balaban J connectivity index is 2.15. The summed E-state index contributed by atoms with van der Waals surface area (Å²) in [5.74, 6) is 0. The highest BCUT2D eigenvalue weighted by Gasteiger charge is 2.18. The predicted octanol–water partition coefficient (Wildman–Crippen LogP) is 2.65. The van der Waals surface area contributed by atoms with E-state index < -0.39 is 14.8 Å². The molecule has 0 aliphatic heterocycles. The standard InChI is InChI=1S/C15H16N2O4S/c1-22(20,21)13-7-8-14(15(11-13)17(18)19)16-10-9-12-5-3-2-4-6-12/h2-8,11,16H,9-10H2,1H3. The van der Waals surface area contributed by atoms with E-state index in [0.29, 0.717) is 18.7 Å². The number of nitro benzene ring substituents is 1. The van der Waals surface area contributed by atoms with Crippen LogP contribution in [0.3, 0.4) is 0 Å². The summed E-state index contributed by atoms with van der Waals surface area (Å²) in [4.78, 5) is 10.5. The van der Waals surface area contributed by atoms with E-state index in [2.05, 4.69) is 5.32 Å². The molecule has 0 saturated heterocycles. The molecule has 0 unspecified atom stereocenters. The van der Waals surface area contributed by atoms with Gasteiger partial charge in [-0.25, -0.2) is 8.42 Å². The zero-order valence-corrected chi connectivity index (χ0v) is 12.8. The van der Waals surface area contributed by atoms with Crippen molar-refractivity contribution >= 4 is 21.2 Å². The third kappa shape index (κ3) is 4.05. The number of hydrogen-bond acceptors (Lipinski definition) is 5. The highest BCUT2D eigenvalue weighted by atomic mass is 32.2. The zero-order chi connectivity index (χ0) is 16.2. The Morgan fingerprint density at radius 3 is 2.41 bits per heavy atom. The molecule has 0 aliphatic rings. The molecule has 0 fully saturated rings. The van der Waals surface area contributed by atoms with Crippen LogP contribution in [-0.4, -0.2) is 26.1 Å². The molecule has 7 heteroatoms. The molecule has 6 nitrogen and oxygen atoms in total. The minimum Gasteiger partial charge on any atom is -0.379 e. The maximum atomic E-state index is 11.5. The first-order chi connectivity index (χ1) is 10.4. The molecule has 0 spiro atoms. The molecule has 2 rings (SSSR count). The quantitative estimate of drug-likeness (QED) is 0.653. The number of anilines is 1. The molecule has 0 aromatic heterocycles. The van der Waals surface area contributed by atoms with E-state index in [0.717, 1.165) is 17.9 Å². The minimum absolute atomic E-state index is 0.0622. The molecule has 116 valence electrons. The van der Waals surface area contributed by atoms with Crippen molar-refractivity contribution in [2.24, 2.45) is 0 Å². The molecule has 2 aromatic carbocycles. The molecule has 22 heavy (non-hydrogen) atoms. The summed E-state index contributed by atoms with van der Waals surface area (Å²) in [6, 6.07) is 13.6. The molecule has 1 N–H and O–H groups in total. The van der Waals surface area contributed by atoms with E-state index in [9.17, 15) is 18.5 Å². The van der Waals surface area contributed by atoms with E-state index >= 15 is 0 Å². The highest BCUT2D eigenvalue weighted by Crippen LogP contribution is 2.27. The summed E-state index contributed by atoms with van der Waals surface area (Å²) in [7, 11) is -3.47. The average Bonchev–Trinajstić information content (AvgIpc) is 2.47. The van der Waals surface area contributed by atoms with Crippen LogP contribution in [-0.2, 0) is 16.3 Å². The maximum absolute atomic E-state index is 11.5. The van der Waals surface area contributed by atoms with Gasteiger partial charge in [0.1, 0.15) is 5.69 Å². The number of rotatable bonds is 6. The number of nitrogens with zero attached hydrogens (tertiary/aromatic N) is 1. The SMILES string of the molecule is CS(=O)(=O)c1ccc(NCCc2ccccc2)c([N+](=O)[O-])c1. The largest absolute Gasteiger partial charge is 0.379 e. The fraction of sp³-hybridized carbons (Fsp3) is 0.200. The molecule has 0 bridgehead atoms. The molecular weight excluding hydrogens is 304 g/mol. The number of benzene rings is 2. The van der Waals surface area contributed by atoms with Crippen molar-refractivity contribution in [1.82, 2.24) is 0 Å². The number of hydrogen-bond donors (Lipinski definition) is 1. The highest BCUT2D eigenvalue weighted by molar-refractivity contribution is 7.90. The van der Waals surface area contributed by atoms with Crippen LogP contribution in [0.15, 0.2) is 53.4 Å². The lowest BCUT2D eigenvalue weighted by Gasteiger charge is -2.08. The van der Waals surface area contributed by atoms with Gasteiger partial charge >= 0.3 is 0 Å². The van der Waals surface area contributed by atoms with E-state index in [1.807, 2.05) is 30.3 Å². The van der Waals surface area contributed by atoms with Gasteiger partial charge in [-0.05, 0) is 24.1 Å². The number of sulfone groups is 1. The average molecular weight is 320 g/mol. The van der Waals surface area contributed by atoms with Crippen LogP contribution in [0.25, 0.3) is 0 Å². The van der Waals surface area contributed by atoms with Crippen LogP contribution in [0.2, 0.25) is 0 Å². The number of nitro groups is 1. The minimum atomic E-state index is -3.47. The Morgan fingerprint density at radius 2 is 1.82 bits per heavy atom. The Morgan fingerprint density at radius 1 is 1.14 bits per heavy atom. The van der Waals surface area contributed by atoms with Crippen molar-refractivity contribution in [3.05, 3.63) is 64.2 Å². The van der Waals surface area contributed by atoms with Crippen molar-refractivity contribution in [3.8, 4) is 0 Å². The lowest BCUT2D eigenvalue weighted by molar-refractivity contribution is -0.384. The van der Waals surface area contributed by atoms with Crippen LogP contribution >= 0.6 is 0 Å². The van der Waals surface area contributed by atoms with Crippen LogP contribution in [0.4, 0.5) is 11.4 Å². The molecule has 0 aliphatic carbocycles. The van der Waals surface area contributed by atoms with Gasteiger partial charge < -0.3 is 5.32 Å². The second kappa shape index (κ2) is 6.57. The number of nitrogens with one attached hydrogen (secondary N) is 1. The molecule has 0 saturated carbocycles. The molecule has 0 atom stereocenters. The van der Waals surface area contributed by atoms with Gasteiger partial charge in [-0.15, -0.1) is 0 Å². The summed E-state index contributed by atoms with van der Waals surface area (Å²) in [5.41, 5.74) is 1.19. The Labute approximate surface area is 128 Å². The fourth-order valence-corrected chi connectivity index (χ4v) is 2.67. The Kier molecular flexibility index (Phi) is 4.77. The maximum Gasteiger partial charge on any atom is 0.293 e. The molecule has 2 aromatic rings. The van der Waals surface area contributed by atoms with Crippen molar-refractivity contribution < 1.29 is 13.3 Å². The zero-order valence-electron chi connectivity index (χ0n) is 12.0. The molecule has 0 amide bonds. The van der Waals surface area contributed by atoms with Gasteiger partial charge in [-0.1, -0.05) is 30.3 Å². The van der Waals surface area contributed by atoms with Crippen LogP contribution in [0, 0.1) is 10.1 Å². The first-order valence-corrected chi connectivity index (χ1v) is 8.53. The third-order valence-electron chi connectivity index (χ3n) is 3.17. The van der Waals surface area contributed by atoms with Crippen LogP contribution in [0.5, 0.6) is 0 Å². The summed E-state index contributed by atoms with van der Waals surface area (Å²) in [6.45, 7) is 0.517. The second-order valence-electron chi connectivity index (χ2n) is 4.87. The van der Waals surface area contributed by atoms with Gasteiger partial charge in [0.25, 0.3) is 5.69 Å². The Bertz CT molecular complexity index is 773.